The molecule has 0 unspecified atom stereocenters. The Balaban J connectivity index is 1.11. The minimum Gasteiger partial charge on any atom is -0.454 e. The van der Waals surface area contributed by atoms with Crippen LogP contribution in [0.4, 0.5) is 17.6 Å². The van der Waals surface area contributed by atoms with Gasteiger partial charge < -0.3 is 30.3 Å². The van der Waals surface area contributed by atoms with E-state index in [2.05, 4.69) is 37.2 Å². The highest BCUT2D eigenvalue weighted by molar-refractivity contribution is 5.78. The fourth-order valence-electron chi connectivity index (χ4n) is 4.56. The van der Waals surface area contributed by atoms with Crippen LogP contribution in [-0.2, 0) is 11.3 Å². The van der Waals surface area contributed by atoms with Crippen LogP contribution in [0.15, 0.2) is 24.3 Å². The molecule has 5 rings (SSSR count). The van der Waals surface area contributed by atoms with E-state index in [1.165, 1.54) is 5.56 Å². The van der Waals surface area contributed by atoms with Gasteiger partial charge in [0.2, 0.25) is 18.6 Å². The third-order valence-electron chi connectivity index (χ3n) is 6.35. The minimum atomic E-state index is 0.265. The summed E-state index contributed by atoms with van der Waals surface area (Å²) in [6.07, 6.45) is 2.54. The van der Waals surface area contributed by atoms with E-state index in [1.54, 1.807) is 0 Å². The smallest absolute Gasteiger partial charge is 0.231 e. The topological polar surface area (TPSA) is 109 Å². The number of anilines is 3. The maximum absolute atomic E-state index is 11.7. The highest BCUT2D eigenvalue weighted by Gasteiger charge is 2.21. The van der Waals surface area contributed by atoms with Crippen molar-refractivity contribution in [3.63, 3.8) is 0 Å². The molecule has 4 heterocycles. The van der Waals surface area contributed by atoms with Crippen molar-refractivity contribution in [3.05, 3.63) is 29.8 Å². The van der Waals surface area contributed by atoms with Crippen LogP contribution in [0.2, 0.25) is 0 Å². The van der Waals surface area contributed by atoms with Crippen LogP contribution in [0, 0.1) is 0 Å². The molecular weight excluding hydrogens is 422 g/mol. The van der Waals surface area contributed by atoms with Crippen LogP contribution >= 0.6 is 0 Å². The zero-order valence-corrected chi connectivity index (χ0v) is 18.8. The Bertz CT molecular complexity index is 994. The number of carbonyl (C=O) groups excluding carboxylic acids is 1. The van der Waals surface area contributed by atoms with Gasteiger partial charge in [-0.15, -0.1) is 0 Å². The monoisotopic (exact) mass is 453 g/mol. The first-order valence-electron chi connectivity index (χ1n) is 11.7. The summed E-state index contributed by atoms with van der Waals surface area (Å²) >= 11 is 0. The molecule has 3 N–H and O–H groups in total. The molecule has 3 aliphatic rings. The first-order valence-corrected chi connectivity index (χ1v) is 11.7. The lowest BCUT2D eigenvalue weighted by atomic mass is 10.1. The van der Waals surface area contributed by atoms with Crippen molar-refractivity contribution in [1.82, 2.24) is 19.8 Å². The Hall–Kier alpha value is -3.27. The number of nitrogens with two attached hydrogens (primary N) is 1. The van der Waals surface area contributed by atoms with E-state index in [4.69, 9.17) is 15.2 Å². The summed E-state index contributed by atoms with van der Waals surface area (Å²) in [5.41, 5.74) is 7.21. The first-order chi connectivity index (χ1) is 16.1. The zero-order chi connectivity index (χ0) is 22.6. The standard InChI is InChI=1S/C23H31N7O3/c24-23-26-20(25-6-2-8-30-7-1-3-22(30)31)14-21(27-23)29-11-9-28(10-12-29)15-17-4-5-18-19(13-17)33-16-32-18/h4-5,13-14H,1-3,6-12,15-16H2,(H3,24,25,26,27). The predicted octanol–water partition coefficient (Wildman–Crippen LogP) is 1.53. The van der Waals surface area contributed by atoms with Gasteiger partial charge in [0.05, 0.1) is 0 Å². The molecule has 10 heteroatoms. The van der Waals surface area contributed by atoms with Gasteiger partial charge in [-0.2, -0.15) is 9.97 Å². The number of nitrogens with one attached hydrogen (secondary N) is 1. The van der Waals surface area contributed by atoms with Crippen molar-refractivity contribution < 1.29 is 14.3 Å². The summed E-state index contributed by atoms with van der Waals surface area (Å²) in [6.45, 7) is 7.19. The summed E-state index contributed by atoms with van der Waals surface area (Å²) in [6, 6.07) is 8.11. The Morgan fingerprint density at radius 2 is 1.88 bits per heavy atom. The van der Waals surface area contributed by atoms with Crippen LogP contribution in [0.3, 0.4) is 0 Å². The zero-order valence-electron chi connectivity index (χ0n) is 18.8. The Labute approximate surface area is 193 Å². The van der Waals surface area contributed by atoms with Gasteiger partial charge in [-0.1, -0.05) is 6.07 Å². The van der Waals surface area contributed by atoms with Crippen LogP contribution in [0.5, 0.6) is 11.5 Å². The van der Waals surface area contributed by atoms with E-state index in [9.17, 15) is 4.79 Å². The number of fused-ring (bicyclic) bond motifs is 1. The average Bonchev–Trinajstić information content (AvgIpc) is 3.45. The number of hydrogen-bond acceptors (Lipinski definition) is 9. The lowest BCUT2D eigenvalue weighted by molar-refractivity contribution is -0.127. The summed E-state index contributed by atoms with van der Waals surface area (Å²) in [4.78, 5) is 27.1. The summed E-state index contributed by atoms with van der Waals surface area (Å²) in [5, 5.41) is 3.34. The molecule has 0 radical (unpaired) electrons. The third-order valence-corrected chi connectivity index (χ3v) is 6.35. The van der Waals surface area contributed by atoms with Gasteiger partial charge in [-0.05, 0) is 30.5 Å². The molecule has 2 fully saturated rings. The SMILES string of the molecule is Nc1nc(NCCCN2CCCC2=O)cc(N2CCN(Cc3ccc4c(c3)OCO4)CC2)n1. The number of piperazine rings is 1. The molecule has 10 nitrogen and oxygen atoms in total. The second kappa shape index (κ2) is 9.70. The lowest BCUT2D eigenvalue weighted by Gasteiger charge is -2.35. The van der Waals surface area contributed by atoms with Crippen LogP contribution in [0.25, 0.3) is 0 Å². The lowest BCUT2D eigenvalue weighted by Crippen LogP contribution is -2.46. The maximum atomic E-state index is 11.7. The molecule has 2 saturated heterocycles. The highest BCUT2D eigenvalue weighted by atomic mass is 16.7. The quantitative estimate of drug-likeness (QED) is 0.575. The number of ether oxygens (including phenoxy) is 2. The first kappa shape index (κ1) is 21.6. The Kier molecular flexibility index (Phi) is 6.34. The summed E-state index contributed by atoms with van der Waals surface area (Å²) < 4.78 is 10.9. The molecule has 1 amide bonds. The van der Waals surface area contributed by atoms with Crippen molar-refractivity contribution in [3.8, 4) is 11.5 Å². The molecule has 0 aliphatic carbocycles. The van der Waals surface area contributed by atoms with E-state index in [0.717, 1.165) is 88.3 Å². The number of nitrogen functional groups attached to an aromatic ring is 1. The average molecular weight is 454 g/mol. The van der Waals surface area contributed by atoms with Gasteiger partial charge in [0.1, 0.15) is 11.6 Å². The molecule has 0 bridgehead atoms. The summed E-state index contributed by atoms with van der Waals surface area (Å²) in [7, 11) is 0. The number of amides is 1. The van der Waals surface area contributed by atoms with Crippen LogP contribution in [-0.4, -0.2) is 78.3 Å². The molecule has 1 aromatic heterocycles. The number of benzene rings is 1. The van der Waals surface area contributed by atoms with Crippen molar-refractivity contribution in [2.45, 2.75) is 25.8 Å². The van der Waals surface area contributed by atoms with Crippen molar-refractivity contribution in [2.24, 2.45) is 0 Å². The molecule has 0 atom stereocenters. The molecule has 0 saturated carbocycles. The predicted molar refractivity (Wildman–Crippen MR) is 125 cm³/mol. The van der Waals surface area contributed by atoms with Gasteiger partial charge in [-0.3, -0.25) is 9.69 Å². The fraction of sp³-hybridized carbons (Fsp3) is 0.522. The summed E-state index contributed by atoms with van der Waals surface area (Å²) in [5.74, 6) is 3.76. The Morgan fingerprint density at radius 1 is 1.03 bits per heavy atom. The normalized spacial score (nSPS) is 18.2. The van der Waals surface area contributed by atoms with Gasteiger partial charge in [0, 0.05) is 64.8 Å². The number of rotatable bonds is 8. The van der Waals surface area contributed by atoms with E-state index >= 15 is 0 Å². The van der Waals surface area contributed by atoms with Crippen molar-refractivity contribution in [2.75, 3.05) is 68.6 Å². The number of hydrogen-bond donors (Lipinski definition) is 2. The largest absolute Gasteiger partial charge is 0.454 e. The second-order valence-electron chi connectivity index (χ2n) is 8.69. The van der Waals surface area contributed by atoms with E-state index in [-0.39, 0.29) is 11.9 Å². The van der Waals surface area contributed by atoms with Gasteiger partial charge in [-0.25, -0.2) is 0 Å². The van der Waals surface area contributed by atoms with E-state index in [0.29, 0.717) is 13.2 Å². The van der Waals surface area contributed by atoms with Gasteiger partial charge >= 0.3 is 0 Å². The maximum Gasteiger partial charge on any atom is 0.231 e. The van der Waals surface area contributed by atoms with Crippen molar-refractivity contribution in [1.29, 1.82) is 0 Å². The van der Waals surface area contributed by atoms with E-state index < -0.39 is 0 Å². The number of nitrogens with zero attached hydrogens (tertiary/aromatic N) is 5. The molecule has 176 valence electrons. The third kappa shape index (κ3) is 5.22. The number of carbonyl (C=O) groups is 1. The molecule has 33 heavy (non-hydrogen) atoms. The van der Waals surface area contributed by atoms with Gasteiger partial charge in [0.25, 0.3) is 0 Å². The molecule has 3 aliphatic heterocycles. The van der Waals surface area contributed by atoms with Crippen LogP contribution < -0.4 is 25.4 Å². The molecule has 1 aromatic carbocycles. The number of likely N-dealkylation sites (tertiary alicyclic amines) is 1. The van der Waals surface area contributed by atoms with Gasteiger partial charge in [0.15, 0.2) is 11.5 Å². The second-order valence-corrected chi connectivity index (χ2v) is 8.69. The molecule has 2 aromatic rings. The highest BCUT2D eigenvalue weighted by Crippen LogP contribution is 2.33. The fourth-order valence-corrected chi connectivity index (χ4v) is 4.56. The molecule has 0 spiro atoms. The van der Waals surface area contributed by atoms with E-state index in [1.807, 2.05) is 17.0 Å². The van der Waals surface area contributed by atoms with Crippen LogP contribution in [0.1, 0.15) is 24.8 Å². The minimum absolute atomic E-state index is 0.265. The Morgan fingerprint density at radius 3 is 2.70 bits per heavy atom. The van der Waals surface area contributed by atoms with Crippen molar-refractivity contribution >= 4 is 23.5 Å². The molecular formula is C23H31N7O3. The number of aromatic nitrogens is 2.